The van der Waals surface area contributed by atoms with Crippen molar-refractivity contribution in [3.8, 4) is 0 Å². The molecule has 1 unspecified atom stereocenters. The van der Waals surface area contributed by atoms with Crippen molar-refractivity contribution < 1.29 is 9.90 Å². The van der Waals surface area contributed by atoms with Gasteiger partial charge in [-0.2, -0.15) is 12.6 Å². The van der Waals surface area contributed by atoms with Gasteiger partial charge in [-0.15, -0.1) is 0 Å². The Bertz CT molecular complexity index is 97.0. The number of aliphatic hydroxyl groups is 1. The van der Waals surface area contributed by atoms with Crippen LogP contribution in [-0.4, -0.2) is 29.4 Å². The summed E-state index contributed by atoms with van der Waals surface area (Å²) in [7, 11) is 0. The van der Waals surface area contributed by atoms with Gasteiger partial charge in [-0.3, -0.25) is 4.79 Å². The highest BCUT2D eigenvalue weighted by atomic mass is 32.1. The highest BCUT2D eigenvalue weighted by molar-refractivity contribution is 7.81. The average Bonchev–Trinajstić information content (AvgIpc) is 1.87. The van der Waals surface area contributed by atoms with Crippen molar-refractivity contribution in [3.63, 3.8) is 0 Å². The van der Waals surface area contributed by atoms with E-state index in [-0.39, 0.29) is 24.3 Å². The molecule has 0 aliphatic carbocycles. The fraction of sp³-hybridized carbons (Fsp3) is 0.800. The minimum absolute atomic E-state index is 0.0283. The molecule has 0 aromatic heterocycles. The molecule has 2 N–H and O–H groups in total. The monoisotopic (exact) mass is 149 g/mol. The van der Waals surface area contributed by atoms with Crippen LogP contribution in [0.3, 0.4) is 0 Å². The van der Waals surface area contributed by atoms with Gasteiger partial charge in [0.05, 0.1) is 12.4 Å². The van der Waals surface area contributed by atoms with Crippen molar-refractivity contribution in [2.45, 2.75) is 13.0 Å². The number of carbonyl (C=O) groups excluding carboxylic acids is 1. The second kappa shape index (κ2) is 4.64. The minimum atomic E-state index is -0.162. The van der Waals surface area contributed by atoms with Gasteiger partial charge in [0, 0.05) is 6.04 Å². The van der Waals surface area contributed by atoms with Crippen LogP contribution in [0.5, 0.6) is 0 Å². The number of thiol groups is 1. The highest BCUT2D eigenvalue weighted by Crippen LogP contribution is 1.79. The summed E-state index contributed by atoms with van der Waals surface area (Å²) >= 11 is 3.74. The average molecular weight is 149 g/mol. The lowest BCUT2D eigenvalue weighted by Crippen LogP contribution is -2.35. The number of hydrogen-bond donors (Lipinski definition) is 3. The van der Waals surface area contributed by atoms with Gasteiger partial charge in [0.25, 0.3) is 0 Å². The van der Waals surface area contributed by atoms with Gasteiger partial charge in [-0.05, 0) is 6.92 Å². The molecule has 0 aliphatic rings. The maximum absolute atomic E-state index is 10.5. The molecule has 0 aromatic rings. The molecule has 0 radical (unpaired) electrons. The molecule has 0 saturated carbocycles. The lowest BCUT2D eigenvalue weighted by Gasteiger charge is -2.07. The summed E-state index contributed by atoms with van der Waals surface area (Å²) in [6.07, 6.45) is 0. The van der Waals surface area contributed by atoms with E-state index in [4.69, 9.17) is 5.11 Å². The van der Waals surface area contributed by atoms with E-state index in [2.05, 4.69) is 17.9 Å². The Balaban J connectivity index is 3.34. The zero-order valence-corrected chi connectivity index (χ0v) is 6.19. The van der Waals surface area contributed by atoms with Crippen LogP contribution in [0.2, 0.25) is 0 Å². The fourth-order valence-electron chi connectivity index (χ4n) is 0.366. The molecule has 9 heavy (non-hydrogen) atoms. The Hall–Kier alpha value is -0.220. The Morgan fingerprint density at radius 3 is 2.78 bits per heavy atom. The number of nitrogens with one attached hydrogen (secondary N) is 1. The zero-order valence-electron chi connectivity index (χ0n) is 5.29. The summed E-state index contributed by atoms with van der Waals surface area (Å²) in [6.45, 7) is 1.70. The van der Waals surface area contributed by atoms with Crippen molar-refractivity contribution in [2.24, 2.45) is 0 Å². The molecule has 1 amide bonds. The summed E-state index contributed by atoms with van der Waals surface area (Å²) in [5, 5.41) is 11.0. The van der Waals surface area contributed by atoms with Gasteiger partial charge in [-0.25, -0.2) is 0 Å². The smallest absolute Gasteiger partial charge is 0.230 e. The van der Waals surface area contributed by atoms with Gasteiger partial charge in [0.2, 0.25) is 5.91 Å². The van der Waals surface area contributed by atoms with E-state index in [9.17, 15) is 4.79 Å². The number of carbonyl (C=O) groups is 1. The van der Waals surface area contributed by atoms with Crippen LogP contribution in [0, 0.1) is 0 Å². The topological polar surface area (TPSA) is 49.3 Å². The third-order valence-corrected chi connectivity index (χ3v) is 1.11. The van der Waals surface area contributed by atoms with Crippen molar-refractivity contribution in [1.82, 2.24) is 5.32 Å². The van der Waals surface area contributed by atoms with Crippen LogP contribution >= 0.6 is 12.6 Å². The Labute approximate surface area is 59.9 Å². The van der Waals surface area contributed by atoms with Crippen molar-refractivity contribution in [2.75, 3.05) is 12.4 Å². The van der Waals surface area contributed by atoms with Gasteiger partial charge < -0.3 is 10.4 Å². The Morgan fingerprint density at radius 1 is 1.89 bits per heavy atom. The molecule has 0 aromatic carbocycles. The zero-order chi connectivity index (χ0) is 7.28. The first kappa shape index (κ1) is 8.78. The van der Waals surface area contributed by atoms with Crippen LogP contribution < -0.4 is 5.32 Å². The van der Waals surface area contributed by atoms with E-state index in [0.29, 0.717) is 0 Å². The summed E-state index contributed by atoms with van der Waals surface area (Å²) < 4.78 is 0. The molecule has 0 heterocycles. The predicted molar refractivity (Wildman–Crippen MR) is 38.5 cm³/mol. The first-order chi connectivity index (χ1) is 4.20. The molecule has 4 heteroatoms. The summed E-state index contributed by atoms with van der Waals surface area (Å²) in [5.41, 5.74) is 0. The van der Waals surface area contributed by atoms with Gasteiger partial charge in [0.1, 0.15) is 0 Å². The number of hydrogen-bond acceptors (Lipinski definition) is 3. The highest BCUT2D eigenvalue weighted by Gasteiger charge is 2.01. The second-order valence-electron chi connectivity index (χ2n) is 1.81. The van der Waals surface area contributed by atoms with Crippen LogP contribution in [0.15, 0.2) is 0 Å². The lowest BCUT2D eigenvalue weighted by atomic mass is 10.4. The van der Waals surface area contributed by atoms with Crippen molar-refractivity contribution in [3.05, 3.63) is 0 Å². The number of amides is 1. The Kier molecular flexibility index (Phi) is 4.53. The third-order valence-electron chi connectivity index (χ3n) is 0.825. The molecule has 54 valence electrons. The molecule has 0 aliphatic heterocycles. The van der Waals surface area contributed by atoms with E-state index < -0.39 is 0 Å². The fourth-order valence-corrected chi connectivity index (χ4v) is 0.457. The van der Waals surface area contributed by atoms with E-state index in [0.717, 1.165) is 0 Å². The Morgan fingerprint density at radius 2 is 2.44 bits per heavy atom. The quantitative estimate of drug-likeness (QED) is 0.470. The van der Waals surface area contributed by atoms with Crippen molar-refractivity contribution in [1.29, 1.82) is 0 Å². The SMILES string of the molecule is CC(CO)NC(=O)CS. The van der Waals surface area contributed by atoms with E-state index in [1.807, 2.05) is 0 Å². The van der Waals surface area contributed by atoms with Gasteiger partial charge in [0.15, 0.2) is 0 Å². The first-order valence-electron chi connectivity index (χ1n) is 2.71. The lowest BCUT2D eigenvalue weighted by molar-refractivity contribution is -0.119. The van der Waals surface area contributed by atoms with Crippen molar-refractivity contribution >= 4 is 18.5 Å². The molecular formula is C5H11NO2S. The van der Waals surface area contributed by atoms with Crippen LogP contribution in [0.1, 0.15) is 6.92 Å². The number of aliphatic hydroxyl groups excluding tert-OH is 1. The largest absolute Gasteiger partial charge is 0.394 e. The molecule has 0 fully saturated rings. The molecular weight excluding hydrogens is 138 g/mol. The van der Waals surface area contributed by atoms with Crippen LogP contribution in [0.25, 0.3) is 0 Å². The molecule has 0 bridgehead atoms. The summed E-state index contributed by atoms with van der Waals surface area (Å²) in [6, 6.07) is -0.162. The second-order valence-corrected chi connectivity index (χ2v) is 2.13. The standard InChI is InChI=1S/C5H11NO2S/c1-4(2-7)6-5(8)3-9/h4,7,9H,2-3H2,1H3,(H,6,8). The van der Waals surface area contributed by atoms with Crippen LogP contribution in [0.4, 0.5) is 0 Å². The summed E-state index contributed by atoms with van der Waals surface area (Å²) in [4.78, 5) is 10.5. The maximum atomic E-state index is 10.5. The molecule has 0 saturated heterocycles. The molecule has 1 atom stereocenters. The van der Waals surface area contributed by atoms with E-state index >= 15 is 0 Å². The van der Waals surface area contributed by atoms with Crippen LogP contribution in [-0.2, 0) is 4.79 Å². The molecule has 0 spiro atoms. The van der Waals surface area contributed by atoms with E-state index in [1.54, 1.807) is 6.92 Å². The van der Waals surface area contributed by atoms with Gasteiger partial charge >= 0.3 is 0 Å². The summed E-state index contributed by atoms with van der Waals surface area (Å²) in [5.74, 6) is 0.0181. The third kappa shape index (κ3) is 4.29. The normalized spacial score (nSPS) is 12.8. The predicted octanol–water partition coefficient (Wildman–Crippen LogP) is -0.587. The number of rotatable bonds is 3. The maximum Gasteiger partial charge on any atom is 0.230 e. The molecule has 0 rings (SSSR count). The first-order valence-corrected chi connectivity index (χ1v) is 3.35. The minimum Gasteiger partial charge on any atom is -0.394 e. The van der Waals surface area contributed by atoms with Gasteiger partial charge in [-0.1, -0.05) is 0 Å². The van der Waals surface area contributed by atoms with E-state index in [1.165, 1.54) is 0 Å². The molecule has 3 nitrogen and oxygen atoms in total.